The predicted molar refractivity (Wildman–Crippen MR) is 189 cm³/mol. The van der Waals surface area contributed by atoms with Gasteiger partial charge in [-0.05, 0) is 75.6 Å². The van der Waals surface area contributed by atoms with E-state index in [1.807, 2.05) is 81.8 Å². The molecule has 0 aliphatic carbocycles. The summed E-state index contributed by atoms with van der Waals surface area (Å²) in [4.78, 5) is 28.1. The fraction of sp³-hybridized carbons (Fsp3) is 0.457. The third kappa shape index (κ3) is 7.91. The monoisotopic (exact) mass is 631 g/mol. The summed E-state index contributed by atoms with van der Waals surface area (Å²) in [6.07, 6.45) is 7.68. The Balaban J connectivity index is 0.00000226. The molecule has 3 aromatic rings. The van der Waals surface area contributed by atoms with Crippen molar-refractivity contribution in [3.05, 3.63) is 81.5 Å². The van der Waals surface area contributed by atoms with Crippen LogP contribution in [-0.4, -0.2) is 68.4 Å². The number of allylic oxidation sites excluding steroid dienone is 1. The molecule has 0 spiro atoms. The summed E-state index contributed by atoms with van der Waals surface area (Å²) in [5, 5.41) is 5.14. The smallest absolute Gasteiger partial charge is 0.259 e. The highest BCUT2D eigenvalue weighted by molar-refractivity contribution is 7.82. The van der Waals surface area contributed by atoms with Crippen molar-refractivity contribution in [2.45, 2.75) is 65.3 Å². The lowest BCUT2D eigenvalue weighted by Gasteiger charge is -2.30. The van der Waals surface area contributed by atoms with Crippen LogP contribution in [0.2, 0.25) is 0 Å². The summed E-state index contributed by atoms with van der Waals surface area (Å²) in [6.45, 7) is 21.1. The van der Waals surface area contributed by atoms with Crippen molar-refractivity contribution in [3.63, 3.8) is 0 Å². The zero-order valence-corrected chi connectivity index (χ0v) is 28.8. The molecule has 2 aliphatic heterocycles. The molecule has 2 fully saturated rings. The molecule has 0 radical (unpaired) electrons. The van der Waals surface area contributed by atoms with Crippen LogP contribution in [0.5, 0.6) is 0 Å². The molecule has 1 N–H and O–H groups in total. The summed E-state index contributed by atoms with van der Waals surface area (Å²) in [5.41, 5.74) is 3.67. The van der Waals surface area contributed by atoms with Crippen LogP contribution >= 0.6 is 0 Å². The number of nitrogens with zero attached hydrogens (tertiary/aromatic N) is 6. The molecule has 10 heteroatoms. The van der Waals surface area contributed by atoms with Gasteiger partial charge in [0, 0.05) is 57.6 Å². The van der Waals surface area contributed by atoms with E-state index >= 15 is 0 Å². The number of nitrogens with one attached hydrogen (secondary N) is 1. The van der Waals surface area contributed by atoms with Crippen LogP contribution in [0.3, 0.4) is 0 Å². The Morgan fingerprint density at radius 2 is 1.62 bits per heavy atom. The summed E-state index contributed by atoms with van der Waals surface area (Å²) in [6, 6.07) is 9.84. The second-order valence-corrected chi connectivity index (χ2v) is 13.0. The predicted octanol–water partition coefficient (Wildman–Crippen LogP) is 3.98. The van der Waals surface area contributed by atoms with Crippen LogP contribution < -0.4 is 31.1 Å². The lowest BCUT2D eigenvalue weighted by atomic mass is 10.0. The Hall–Kier alpha value is -3.76. The molecular weight excluding hydrogens is 582 g/mol. The fourth-order valence-electron chi connectivity index (χ4n) is 5.58. The molecule has 1 unspecified atom stereocenters. The molecule has 242 valence electrons. The van der Waals surface area contributed by atoms with Crippen LogP contribution in [0, 0.1) is 6.92 Å². The number of hydrogen-bond donors (Lipinski definition) is 1. The Morgan fingerprint density at radius 1 is 1.00 bits per heavy atom. The Labute approximate surface area is 270 Å². The van der Waals surface area contributed by atoms with Gasteiger partial charge in [-0.2, -0.15) is 0 Å². The summed E-state index contributed by atoms with van der Waals surface area (Å²) in [5.74, 6) is 1.66. The zero-order valence-electron chi connectivity index (χ0n) is 28.0. The van der Waals surface area contributed by atoms with Gasteiger partial charge in [0.25, 0.3) is 5.56 Å². The lowest BCUT2D eigenvalue weighted by molar-refractivity contribution is 0.328. The van der Waals surface area contributed by atoms with Crippen molar-refractivity contribution in [3.8, 4) is 0 Å². The Kier molecular flexibility index (Phi) is 11.7. The number of anilines is 3. The number of hydrogen-bond acceptors (Lipinski definition) is 7. The van der Waals surface area contributed by atoms with E-state index < -0.39 is 11.0 Å². The molecule has 9 nitrogen and oxygen atoms in total. The van der Waals surface area contributed by atoms with Gasteiger partial charge in [0.2, 0.25) is 0 Å². The number of para-hydroxylation sites is 1. The van der Waals surface area contributed by atoms with Gasteiger partial charge in [-0.3, -0.25) is 9.36 Å². The van der Waals surface area contributed by atoms with E-state index in [2.05, 4.69) is 51.6 Å². The molecule has 2 aromatic heterocycles. The van der Waals surface area contributed by atoms with Gasteiger partial charge in [-0.15, -0.1) is 0 Å². The third-order valence-electron chi connectivity index (χ3n) is 8.36. The van der Waals surface area contributed by atoms with Crippen LogP contribution in [0.4, 0.5) is 17.2 Å². The Bertz CT molecular complexity index is 1700. The lowest BCUT2D eigenvalue weighted by Crippen LogP contribution is -2.48. The number of aryl methyl sites for hydroxylation is 1. The summed E-state index contributed by atoms with van der Waals surface area (Å²) < 4.78 is 17.0. The molecule has 0 amide bonds. The third-order valence-corrected chi connectivity index (χ3v) is 9.92. The molecule has 0 bridgehead atoms. The zero-order chi connectivity index (χ0) is 32.7. The maximum atomic E-state index is 13.9. The van der Waals surface area contributed by atoms with E-state index in [1.54, 1.807) is 4.57 Å². The maximum absolute atomic E-state index is 13.9. The normalized spacial score (nSPS) is 17.8. The van der Waals surface area contributed by atoms with Crippen LogP contribution in [0.15, 0.2) is 64.6 Å². The quantitative estimate of drug-likeness (QED) is 0.403. The topological polar surface area (TPSA) is 86.6 Å². The largest absolute Gasteiger partial charge is 0.378 e. The molecule has 2 atom stereocenters. The SMILES string of the molecule is C=C(C)/C=c1/c(=O)n(C)c(N2CCCN(c3cnc(C)nc3)CC2)c/c1=C(/C)[C@@H](C)Nc1ccccc1S(=O)N1CCC1.CC. The van der Waals surface area contributed by atoms with Gasteiger partial charge in [0.05, 0.1) is 28.7 Å². The van der Waals surface area contributed by atoms with Crippen LogP contribution in [0.1, 0.15) is 53.3 Å². The van der Waals surface area contributed by atoms with Gasteiger partial charge in [-0.25, -0.2) is 18.5 Å². The Morgan fingerprint density at radius 3 is 2.27 bits per heavy atom. The molecule has 2 aliphatic rings. The second-order valence-electron chi connectivity index (χ2n) is 11.6. The van der Waals surface area contributed by atoms with Crippen LogP contribution in [0.25, 0.3) is 11.6 Å². The average Bonchev–Trinajstić information content (AvgIpc) is 3.26. The first kappa shape index (κ1) is 34.1. The first-order valence-electron chi connectivity index (χ1n) is 16.0. The van der Waals surface area contributed by atoms with Gasteiger partial charge in [-0.1, -0.05) is 38.1 Å². The van der Waals surface area contributed by atoms with Crippen molar-refractivity contribution >= 4 is 39.8 Å². The molecule has 0 saturated carbocycles. The minimum absolute atomic E-state index is 0.0469. The average molecular weight is 632 g/mol. The second kappa shape index (κ2) is 15.5. The molecule has 45 heavy (non-hydrogen) atoms. The highest BCUT2D eigenvalue weighted by Gasteiger charge is 2.24. The number of pyridine rings is 1. The maximum Gasteiger partial charge on any atom is 0.259 e. The first-order valence-corrected chi connectivity index (χ1v) is 17.1. The van der Waals surface area contributed by atoms with Gasteiger partial charge in [0.15, 0.2) is 0 Å². The van der Waals surface area contributed by atoms with Crippen LogP contribution in [-0.2, 0) is 18.0 Å². The highest BCUT2D eigenvalue weighted by atomic mass is 32.2. The van der Waals surface area contributed by atoms with E-state index in [1.165, 1.54) is 0 Å². The molecule has 5 rings (SSSR count). The van der Waals surface area contributed by atoms with Gasteiger partial charge < -0.3 is 15.1 Å². The van der Waals surface area contributed by atoms with Crippen molar-refractivity contribution in [2.24, 2.45) is 7.05 Å². The minimum Gasteiger partial charge on any atom is -0.378 e. The molecule has 4 heterocycles. The van der Waals surface area contributed by atoms with E-state index in [4.69, 9.17) is 0 Å². The summed E-state index contributed by atoms with van der Waals surface area (Å²) in [7, 11) is 0.652. The first-order chi connectivity index (χ1) is 21.6. The van der Waals surface area contributed by atoms with Crippen molar-refractivity contribution in [1.29, 1.82) is 0 Å². The van der Waals surface area contributed by atoms with Crippen molar-refractivity contribution < 1.29 is 4.21 Å². The number of aromatic nitrogens is 3. The van der Waals surface area contributed by atoms with Crippen molar-refractivity contribution in [2.75, 3.05) is 54.4 Å². The fourth-order valence-corrected chi connectivity index (χ4v) is 6.96. The highest BCUT2D eigenvalue weighted by Crippen LogP contribution is 2.26. The summed E-state index contributed by atoms with van der Waals surface area (Å²) >= 11 is 0. The minimum atomic E-state index is -1.20. The standard InChI is InChI=1S/C33H43N7O2S.C2H6/c1-23(2)19-29-28(24(3)25(4)36-30-11-7-8-12-31(30)43(42)40-15-10-16-40)20-32(37(6)33(29)41)39-14-9-13-38(17-18-39)27-21-34-26(5)35-22-27;1-2/h7-8,11-12,19-22,25,36H,1,9-10,13-18H2,2-6H3;1-2H3/b28-24+,29-19+;/t25-,43?;/m1./s1. The van der Waals surface area contributed by atoms with E-state index in [0.717, 1.165) is 96.4 Å². The molecule has 1 aromatic carbocycles. The van der Waals surface area contributed by atoms with E-state index in [0.29, 0.717) is 5.22 Å². The van der Waals surface area contributed by atoms with E-state index in [-0.39, 0.29) is 11.6 Å². The van der Waals surface area contributed by atoms with E-state index in [9.17, 15) is 9.00 Å². The van der Waals surface area contributed by atoms with Gasteiger partial charge >= 0.3 is 0 Å². The van der Waals surface area contributed by atoms with Crippen molar-refractivity contribution in [1.82, 2.24) is 18.8 Å². The number of benzene rings is 1. The molecule has 2 saturated heterocycles. The van der Waals surface area contributed by atoms with Gasteiger partial charge in [0.1, 0.15) is 22.6 Å². The number of rotatable bonds is 8. The molecular formula is C35H49N7O2S.